The first-order chi connectivity index (χ1) is 8.61. The number of aryl methyl sites for hydroxylation is 2. The first-order valence-corrected chi connectivity index (χ1v) is 6.18. The van der Waals surface area contributed by atoms with Crippen LogP contribution in [-0.4, -0.2) is 23.5 Å². The lowest BCUT2D eigenvalue weighted by Crippen LogP contribution is -2.26. The third-order valence-electron chi connectivity index (χ3n) is 2.73. The van der Waals surface area contributed by atoms with E-state index in [4.69, 9.17) is 5.11 Å². The highest BCUT2D eigenvalue weighted by Crippen LogP contribution is 2.07. The minimum absolute atomic E-state index is 0.0308. The summed E-state index contributed by atoms with van der Waals surface area (Å²) < 4.78 is 0. The van der Waals surface area contributed by atoms with E-state index in [0.717, 1.165) is 12.0 Å². The highest BCUT2D eigenvalue weighted by atomic mass is 16.4. The number of hydrogen-bond acceptors (Lipinski definition) is 2. The van der Waals surface area contributed by atoms with Crippen molar-refractivity contribution in [3.63, 3.8) is 0 Å². The van der Waals surface area contributed by atoms with Crippen LogP contribution in [0.1, 0.15) is 30.9 Å². The smallest absolute Gasteiger partial charge is 0.305 e. The van der Waals surface area contributed by atoms with Crippen molar-refractivity contribution in [2.45, 2.75) is 32.6 Å². The van der Waals surface area contributed by atoms with Gasteiger partial charge in [-0.25, -0.2) is 0 Å². The zero-order valence-corrected chi connectivity index (χ0v) is 10.6. The maximum atomic E-state index is 11.4. The molecule has 0 fully saturated rings. The van der Waals surface area contributed by atoms with Crippen LogP contribution >= 0.6 is 0 Å². The molecule has 1 aromatic rings. The third-order valence-corrected chi connectivity index (χ3v) is 2.73. The Bertz CT molecular complexity index is 398. The highest BCUT2D eigenvalue weighted by molar-refractivity contribution is 5.77. The second-order valence-electron chi connectivity index (χ2n) is 4.16. The van der Waals surface area contributed by atoms with Crippen molar-refractivity contribution in [1.29, 1.82) is 0 Å². The van der Waals surface area contributed by atoms with Crippen LogP contribution in [-0.2, 0) is 22.4 Å². The number of rotatable bonds is 7. The van der Waals surface area contributed by atoms with Crippen molar-refractivity contribution >= 4 is 11.9 Å². The molecule has 1 rings (SSSR count). The Kier molecular flexibility index (Phi) is 5.91. The number of carbonyl (C=O) groups is 2. The fourth-order valence-corrected chi connectivity index (χ4v) is 1.60. The van der Waals surface area contributed by atoms with E-state index in [1.165, 1.54) is 5.56 Å². The fraction of sp³-hybridized carbons (Fsp3) is 0.429. The molecular formula is C14H19NO3. The Morgan fingerprint density at radius 3 is 2.28 bits per heavy atom. The van der Waals surface area contributed by atoms with Crippen molar-refractivity contribution in [2.75, 3.05) is 6.54 Å². The summed E-state index contributed by atoms with van der Waals surface area (Å²) in [6.07, 6.45) is 2.06. The van der Waals surface area contributed by atoms with Gasteiger partial charge < -0.3 is 10.4 Å². The number of nitrogens with one attached hydrogen (secondary N) is 1. The summed E-state index contributed by atoms with van der Waals surface area (Å²) in [5.74, 6) is -0.999. The molecule has 1 aromatic carbocycles. The normalized spacial score (nSPS) is 10.1. The molecule has 0 atom stereocenters. The molecule has 0 spiro atoms. The minimum atomic E-state index is -0.898. The molecular weight excluding hydrogens is 230 g/mol. The largest absolute Gasteiger partial charge is 0.481 e. The van der Waals surface area contributed by atoms with Gasteiger partial charge in [0.15, 0.2) is 0 Å². The number of aliphatic carboxylic acids is 1. The Balaban J connectivity index is 2.26. The lowest BCUT2D eigenvalue weighted by atomic mass is 10.1. The monoisotopic (exact) mass is 249 g/mol. The molecule has 4 heteroatoms. The van der Waals surface area contributed by atoms with Crippen LogP contribution in [0.5, 0.6) is 0 Å². The van der Waals surface area contributed by atoms with Crippen LogP contribution in [0.25, 0.3) is 0 Å². The Labute approximate surface area is 107 Å². The van der Waals surface area contributed by atoms with E-state index in [0.29, 0.717) is 12.8 Å². The summed E-state index contributed by atoms with van der Waals surface area (Å²) in [5, 5.41) is 11.0. The molecule has 2 N–H and O–H groups in total. The van der Waals surface area contributed by atoms with Gasteiger partial charge in [0.25, 0.3) is 0 Å². The van der Waals surface area contributed by atoms with Gasteiger partial charge in [-0.3, -0.25) is 9.59 Å². The van der Waals surface area contributed by atoms with E-state index >= 15 is 0 Å². The number of hydrogen-bond donors (Lipinski definition) is 2. The summed E-state index contributed by atoms with van der Waals surface area (Å²) in [5.41, 5.74) is 2.41. The van der Waals surface area contributed by atoms with E-state index in [1.807, 2.05) is 12.1 Å². The lowest BCUT2D eigenvalue weighted by Gasteiger charge is -2.04. The first-order valence-electron chi connectivity index (χ1n) is 6.18. The molecule has 1 amide bonds. The Morgan fingerprint density at radius 1 is 1.11 bits per heavy atom. The molecule has 0 aliphatic heterocycles. The molecule has 0 radical (unpaired) electrons. The molecule has 0 heterocycles. The number of amides is 1. The molecule has 98 valence electrons. The average molecular weight is 249 g/mol. The zero-order valence-electron chi connectivity index (χ0n) is 10.6. The summed E-state index contributed by atoms with van der Waals surface area (Å²) in [7, 11) is 0. The summed E-state index contributed by atoms with van der Waals surface area (Å²) in [6, 6.07) is 8.20. The molecule has 4 nitrogen and oxygen atoms in total. The molecule has 0 aromatic heterocycles. The minimum Gasteiger partial charge on any atom is -0.481 e. The van der Waals surface area contributed by atoms with Gasteiger partial charge in [0.1, 0.15) is 0 Å². The summed E-state index contributed by atoms with van der Waals surface area (Å²) >= 11 is 0. The van der Waals surface area contributed by atoms with Crippen molar-refractivity contribution in [3.05, 3.63) is 35.4 Å². The van der Waals surface area contributed by atoms with Crippen LogP contribution < -0.4 is 5.32 Å². The standard InChI is InChI=1S/C14H19NO3/c1-2-11-3-5-12(6-4-11)7-8-13(16)15-10-9-14(17)18/h3-6H,2,7-10H2,1H3,(H,15,16)(H,17,18). The van der Waals surface area contributed by atoms with Crippen molar-refractivity contribution in [1.82, 2.24) is 5.32 Å². The molecule has 0 bridgehead atoms. The van der Waals surface area contributed by atoms with Gasteiger partial charge in [-0.2, -0.15) is 0 Å². The fourth-order valence-electron chi connectivity index (χ4n) is 1.60. The van der Waals surface area contributed by atoms with Gasteiger partial charge in [0.2, 0.25) is 5.91 Å². The number of carboxylic acids is 1. The van der Waals surface area contributed by atoms with E-state index in [9.17, 15) is 9.59 Å². The van der Waals surface area contributed by atoms with Crippen LogP contribution in [0, 0.1) is 0 Å². The Morgan fingerprint density at radius 2 is 1.72 bits per heavy atom. The van der Waals surface area contributed by atoms with Crippen molar-refractivity contribution < 1.29 is 14.7 Å². The highest BCUT2D eigenvalue weighted by Gasteiger charge is 2.03. The third kappa shape index (κ3) is 5.48. The van der Waals surface area contributed by atoms with Crippen LogP contribution in [0.15, 0.2) is 24.3 Å². The molecule has 0 saturated carbocycles. The van der Waals surface area contributed by atoms with E-state index in [2.05, 4.69) is 24.4 Å². The lowest BCUT2D eigenvalue weighted by molar-refractivity contribution is -0.136. The molecule has 0 unspecified atom stereocenters. The molecule has 0 aliphatic carbocycles. The van der Waals surface area contributed by atoms with Crippen LogP contribution in [0.2, 0.25) is 0 Å². The van der Waals surface area contributed by atoms with Gasteiger partial charge >= 0.3 is 5.97 Å². The van der Waals surface area contributed by atoms with Gasteiger partial charge in [-0.05, 0) is 24.0 Å². The average Bonchev–Trinajstić information content (AvgIpc) is 2.36. The summed E-state index contributed by atoms with van der Waals surface area (Å²) in [6.45, 7) is 2.30. The second-order valence-corrected chi connectivity index (χ2v) is 4.16. The summed E-state index contributed by atoms with van der Waals surface area (Å²) in [4.78, 5) is 21.7. The van der Waals surface area contributed by atoms with Gasteiger partial charge in [-0.15, -0.1) is 0 Å². The molecule has 18 heavy (non-hydrogen) atoms. The van der Waals surface area contributed by atoms with Crippen LogP contribution in [0.3, 0.4) is 0 Å². The topological polar surface area (TPSA) is 66.4 Å². The second kappa shape index (κ2) is 7.48. The SMILES string of the molecule is CCc1ccc(CCC(=O)NCCC(=O)O)cc1. The predicted octanol–water partition coefficient (Wildman–Crippen LogP) is 1.77. The van der Waals surface area contributed by atoms with Gasteiger partial charge in [0, 0.05) is 13.0 Å². The maximum Gasteiger partial charge on any atom is 0.305 e. The number of benzene rings is 1. The van der Waals surface area contributed by atoms with Crippen molar-refractivity contribution in [3.8, 4) is 0 Å². The van der Waals surface area contributed by atoms with Gasteiger partial charge in [0.05, 0.1) is 6.42 Å². The maximum absolute atomic E-state index is 11.4. The first kappa shape index (κ1) is 14.2. The predicted molar refractivity (Wildman–Crippen MR) is 69.4 cm³/mol. The number of carboxylic acid groups (broad SMARTS) is 1. The Hall–Kier alpha value is -1.84. The van der Waals surface area contributed by atoms with E-state index in [1.54, 1.807) is 0 Å². The van der Waals surface area contributed by atoms with Crippen LogP contribution in [0.4, 0.5) is 0 Å². The van der Waals surface area contributed by atoms with E-state index in [-0.39, 0.29) is 18.9 Å². The molecule has 0 aliphatic rings. The molecule has 0 saturated heterocycles. The van der Waals surface area contributed by atoms with E-state index < -0.39 is 5.97 Å². The van der Waals surface area contributed by atoms with Crippen molar-refractivity contribution in [2.24, 2.45) is 0 Å². The quantitative estimate of drug-likeness (QED) is 0.774. The zero-order chi connectivity index (χ0) is 13.4. The van der Waals surface area contributed by atoms with Gasteiger partial charge in [-0.1, -0.05) is 31.2 Å². The number of carbonyl (C=O) groups excluding carboxylic acids is 1.